The maximum absolute atomic E-state index is 12.2. The predicted octanol–water partition coefficient (Wildman–Crippen LogP) is 2.94. The summed E-state index contributed by atoms with van der Waals surface area (Å²) in [7, 11) is 0. The van der Waals surface area contributed by atoms with Crippen LogP contribution in [0.3, 0.4) is 0 Å². The van der Waals surface area contributed by atoms with Gasteiger partial charge in [0.05, 0.1) is 11.8 Å². The SMILES string of the molecule is CCON=Cc1cccc(C(=O)NC(C)(C)C(=O)C(Cl)Cl)c1. The third-order valence-corrected chi connectivity index (χ3v) is 3.19. The zero-order chi connectivity index (χ0) is 16.8. The van der Waals surface area contributed by atoms with Gasteiger partial charge in [-0.05, 0) is 38.5 Å². The molecule has 7 heteroatoms. The molecule has 0 radical (unpaired) electrons. The zero-order valence-electron chi connectivity index (χ0n) is 12.6. The Morgan fingerprint density at radius 1 is 1.41 bits per heavy atom. The van der Waals surface area contributed by atoms with E-state index in [-0.39, 0.29) is 0 Å². The van der Waals surface area contributed by atoms with Crippen LogP contribution < -0.4 is 5.32 Å². The first-order valence-electron chi connectivity index (χ1n) is 6.68. The van der Waals surface area contributed by atoms with Crippen LogP contribution >= 0.6 is 23.2 Å². The lowest BCUT2D eigenvalue weighted by Crippen LogP contribution is -2.51. The number of ketones is 1. The molecule has 0 aromatic heterocycles. The van der Waals surface area contributed by atoms with Gasteiger partial charge in [0, 0.05) is 5.56 Å². The van der Waals surface area contributed by atoms with Gasteiger partial charge < -0.3 is 10.2 Å². The first-order valence-corrected chi connectivity index (χ1v) is 7.55. The Balaban J connectivity index is 2.86. The predicted molar refractivity (Wildman–Crippen MR) is 87.7 cm³/mol. The minimum Gasteiger partial charge on any atom is -0.396 e. The maximum atomic E-state index is 12.2. The summed E-state index contributed by atoms with van der Waals surface area (Å²) in [6, 6.07) is 6.76. The van der Waals surface area contributed by atoms with E-state index >= 15 is 0 Å². The minimum absolute atomic E-state index is 0.391. The molecule has 1 amide bonds. The molecule has 0 heterocycles. The molecule has 22 heavy (non-hydrogen) atoms. The van der Waals surface area contributed by atoms with Gasteiger partial charge in [-0.15, -0.1) is 0 Å². The zero-order valence-corrected chi connectivity index (χ0v) is 14.1. The lowest BCUT2D eigenvalue weighted by atomic mass is 9.99. The van der Waals surface area contributed by atoms with Crippen molar-refractivity contribution in [2.75, 3.05) is 6.61 Å². The summed E-state index contributed by atoms with van der Waals surface area (Å²) in [5.74, 6) is -0.878. The van der Waals surface area contributed by atoms with Crippen molar-refractivity contribution in [1.29, 1.82) is 0 Å². The highest BCUT2D eigenvalue weighted by Crippen LogP contribution is 2.15. The summed E-state index contributed by atoms with van der Waals surface area (Å²) in [5.41, 5.74) is -0.0690. The van der Waals surface area contributed by atoms with Crippen LogP contribution in [0.15, 0.2) is 29.4 Å². The summed E-state index contributed by atoms with van der Waals surface area (Å²) in [5, 5.41) is 6.36. The highest BCUT2D eigenvalue weighted by molar-refractivity contribution is 6.54. The van der Waals surface area contributed by atoms with E-state index in [1.165, 1.54) is 6.21 Å². The average Bonchev–Trinajstić information content (AvgIpc) is 2.46. The highest BCUT2D eigenvalue weighted by Gasteiger charge is 2.33. The number of nitrogens with one attached hydrogen (secondary N) is 1. The number of alkyl halides is 2. The summed E-state index contributed by atoms with van der Waals surface area (Å²) < 4.78 is 0. The molecule has 0 saturated heterocycles. The molecule has 0 aliphatic carbocycles. The van der Waals surface area contributed by atoms with Gasteiger partial charge in [0.25, 0.3) is 5.91 Å². The fourth-order valence-corrected chi connectivity index (χ4v) is 2.17. The largest absolute Gasteiger partial charge is 0.396 e. The number of benzene rings is 1. The molecular formula is C15H18Cl2N2O3. The van der Waals surface area contributed by atoms with Crippen molar-refractivity contribution in [3.63, 3.8) is 0 Å². The number of amides is 1. The second-order valence-electron chi connectivity index (χ2n) is 5.02. The molecule has 0 spiro atoms. The molecule has 120 valence electrons. The molecular weight excluding hydrogens is 327 g/mol. The molecule has 1 N–H and O–H groups in total. The molecule has 1 aromatic rings. The Kier molecular flexibility index (Phi) is 6.84. The fraction of sp³-hybridized carbons (Fsp3) is 0.400. The summed E-state index contributed by atoms with van der Waals surface area (Å²) in [6.07, 6.45) is 1.50. The van der Waals surface area contributed by atoms with Crippen LogP contribution in [0, 0.1) is 0 Å². The number of oxime groups is 1. The number of Topliss-reactive ketones (excluding diaryl/α,β-unsaturated/α-hetero) is 1. The molecule has 0 atom stereocenters. The van der Waals surface area contributed by atoms with Gasteiger partial charge in [-0.25, -0.2) is 0 Å². The molecule has 0 aliphatic heterocycles. The molecule has 5 nitrogen and oxygen atoms in total. The monoisotopic (exact) mass is 344 g/mol. The van der Waals surface area contributed by atoms with Crippen molar-refractivity contribution in [3.05, 3.63) is 35.4 Å². The van der Waals surface area contributed by atoms with E-state index in [0.717, 1.165) is 0 Å². The Hall–Kier alpha value is -1.59. The maximum Gasteiger partial charge on any atom is 0.252 e. The van der Waals surface area contributed by atoms with Gasteiger partial charge in [-0.1, -0.05) is 40.5 Å². The highest BCUT2D eigenvalue weighted by atomic mass is 35.5. The van der Waals surface area contributed by atoms with Crippen LogP contribution in [0.1, 0.15) is 36.7 Å². The van der Waals surface area contributed by atoms with Crippen molar-refractivity contribution in [1.82, 2.24) is 5.32 Å². The normalized spacial score (nSPS) is 11.7. The molecule has 0 unspecified atom stereocenters. The lowest BCUT2D eigenvalue weighted by Gasteiger charge is -2.25. The van der Waals surface area contributed by atoms with Gasteiger partial charge in [-0.2, -0.15) is 0 Å². The van der Waals surface area contributed by atoms with E-state index in [9.17, 15) is 9.59 Å². The van der Waals surface area contributed by atoms with Crippen molar-refractivity contribution in [2.24, 2.45) is 5.16 Å². The molecule has 0 fully saturated rings. The van der Waals surface area contributed by atoms with E-state index in [1.54, 1.807) is 38.1 Å². The second-order valence-corrected chi connectivity index (χ2v) is 6.12. The smallest absolute Gasteiger partial charge is 0.252 e. The molecule has 0 saturated carbocycles. The number of hydrogen-bond acceptors (Lipinski definition) is 4. The van der Waals surface area contributed by atoms with Gasteiger partial charge in [-0.3, -0.25) is 9.59 Å². The van der Waals surface area contributed by atoms with Crippen molar-refractivity contribution >= 4 is 41.1 Å². The first-order chi connectivity index (χ1) is 10.3. The van der Waals surface area contributed by atoms with Crippen LogP contribution in [0.4, 0.5) is 0 Å². The summed E-state index contributed by atoms with van der Waals surface area (Å²) in [6.45, 7) is 5.38. The Labute approximate surface area is 139 Å². The van der Waals surface area contributed by atoms with E-state index in [0.29, 0.717) is 17.7 Å². The molecule has 1 rings (SSSR count). The van der Waals surface area contributed by atoms with E-state index in [2.05, 4.69) is 10.5 Å². The minimum atomic E-state index is -1.19. The summed E-state index contributed by atoms with van der Waals surface area (Å²) >= 11 is 11.1. The molecule has 1 aromatic carbocycles. The first kappa shape index (κ1) is 18.5. The van der Waals surface area contributed by atoms with Gasteiger partial charge in [0.15, 0.2) is 10.6 Å². The Bertz CT molecular complexity index is 572. The lowest BCUT2D eigenvalue weighted by molar-refractivity contribution is -0.122. The number of carbonyl (C=O) groups is 2. The summed E-state index contributed by atoms with van der Waals surface area (Å²) in [4.78, 5) is 27.8. The Morgan fingerprint density at radius 2 is 2.09 bits per heavy atom. The van der Waals surface area contributed by atoms with E-state index in [1.807, 2.05) is 6.92 Å². The quantitative estimate of drug-likeness (QED) is 0.469. The third kappa shape index (κ3) is 5.31. The van der Waals surface area contributed by atoms with Gasteiger partial charge >= 0.3 is 0 Å². The van der Waals surface area contributed by atoms with Gasteiger partial charge in [0.1, 0.15) is 6.61 Å². The van der Waals surface area contributed by atoms with Crippen LogP contribution in [-0.4, -0.2) is 34.9 Å². The number of hydrogen-bond donors (Lipinski definition) is 1. The number of rotatable bonds is 7. The van der Waals surface area contributed by atoms with Crippen LogP contribution in [0.25, 0.3) is 0 Å². The number of halogens is 2. The third-order valence-electron chi connectivity index (χ3n) is 2.79. The number of carbonyl (C=O) groups excluding carboxylic acids is 2. The van der Waals surface area contributed by atoms with Crippen molar-refractivity contribution < 1.29 is 14.4 Å². The standard InChI is InChI=1S/C15H18Cl2N2O3/c1-4-22-18-9-10-6-5-7-11(8-10)14(21)19-15(2,3)12(20)13(16)17/h5-9,13H,4H2,1-3H3,(H,19,21). The average molecular weight is 345 g/mol. The fourth-order valence-electron chi connectivity index (χ4n) is 1.62. The van der Waals surface area contributed by atoms with E-state index < -0.39 is 22.1 Å². The number of nitrogens with zero attached hydrogens (tertiary/aromatic N) is 1. The molecule has 0 aliphatic rings. The van der Waals surface area contributed by atoms with Crippen molar-refractivity contribution in [2.45, 2.75) is 31.1 Å². The van der Waals surface area contributed by atoms with E-state index in [4.69, 9.17) is 28.0 Å². The Morgan fingerprint density at radius 3 is 2.68 bits per heavy atom. The van der Waals surface area contributed by atoms with Crippen LogP contribution in [0.5, 0.6) is 0 Å². The topological polar surface area (TPSA) is 67.8 Å². The van der Waals surface area contributed by atoms with Crippen molar-refractivity contribution in [3.8, 4) is 0 Å². The van der Waals surface area contributed by atoms with Crippen LogP contribution in [-0.2, 0) is 9.63 Å². The van der Waals surface area contributed by atoms with Gasteiger partial charge in [0.2, 0.25) is 0 Å². The second kappa shape index (κ2) is 8.15. The molecule has 0 bridgehead atoms. The van der Waals surface area contributed by atoms with Crippen LogP contribution in [0.2, 0.25) is 0 Å².